The summed E-state index contributed by atoms with van der Waals surface area (Å²) in [6, 6.07) is 15.4. The number of furan rings is 1. The molecule has 2 aromatic carbocycles. The van der Waals surface area contributed by atoms with Crippen LogP contribution in [0.5, 0.6) is 11.5 Å². The molecule has 0 aliphatic heterocycles. The van der Waals surface area contributed by atoms with Crippen molar-refractivity contribution in [3.8, 4) is 11.5 Å². The molecule has 3 rings (SSSR count). The molecule has 0 atom stereocenters. The van der Waals surface area contributed by atoms with Gasteiger partial charge in [-0.15, -0.1) is 0 Å². The highest BCUT2D eigenvalue weighted by Crippen LogP contribution is 2.28. The number of carbonyl (C=O) groups excluding carboxylic acids is 2. The molecule has 2 amide bonds. The van der Waals surface area contributed by atoms with E-state index in [1.807, 2.05) is 0 Å². The van der Waals surface area contributed by atoms with Gasteiger partial charge in [-0.1, -0.05) is 6.07 Å². The standard InChI is InChI=1S/C21H21N3O5/c1-27-16-8-9-18(28-2)17(12-16)24-20(25)13-22-14-5-3-6-15(11-14)23-21(26)19-7-4-10-29-19/h3-12,22H,13H2,1-2H3,(H,23,26)(H,24,25). The molecule has 0 unspecified atom stereocenters. The SMILES string of the molecule is COc1ccc(OC)c(NC(=O)CNc2cccc(NC(=O)c3ccco3)c2)c1. The van der Waals surface area contributed by atoms with Crippen molar-refractivity contribution in [3.05, 3.63) is 66.6 Å². The second-order valence-corrected chi connectivity index (χ2v) is 5.98. The predicted molar refractivity (Wildman–Crippen MR) is 110 cm³/mol. The van der Waals surface area contributed by atoms with Crippen LogP contribution in [0.2, 0.25) is 0 Å². The molecule has 0 spiro atoms. The molecule has 3 N–H and O–H groups in total. The average molecular weight is 395 g/mol. The van der Waals surface area contributed by atoms with Crippen molar-refractivity contribution in [2.45, 2.75) is 0 Å². The zero-order chi connectivity index (χ0) is 20.6. The van der Waals surface area contributed by atoms with Crippen LogP contribution < -0.4 is 25.4 Å². The van der Waals surface area contributed by atoms with Gasteiger partial charge in [-0.2, -0.15) is 0 Å². The van der Waals surface area contributed by atoms with Crippen molar-refractivity contribution < 1.29 is 23.5 Å². The Morgan fingerprint density at radius 1 is 0.931 bits per heavy atom. The number of ether oxygens (including phenoxy) is 2. The number of rotatable bonds is 8. The maximum atomic E-state index is 12.3. The third-order valence-electron chi connectivity index (χ3n) is 4.00. The number of anilines is 3. The molecule has 29 heavy (non-hydrogen) atoms. The first-order valence-electron chi connectivity index (χ1n) is 8.79. The molecule has 0 fully saturated rings. The first-order valence-corrected chi connectivity index (χ1v) is 8.79. The van der Waals surface area contributed by atoms with Crippen molar-refractivity contribution >= 4 is 28.9 Å². The van der Waals surface area contributed by atoms with E-state index in [1.165, 1.54) is 13.4 Å². The quantitative estimate of drug-likeness (QED) is 0.539. The summed E-state index contributed by atoms with van der Waals surface area (Å²) >= 11 is 0. The first kappa shape index (κ1) is 19.8. The summed E-state index contributed by atoms with van der Waals surface area (Å²) in [5.74, 6) is 0.738. The number of methoxy groups -OCH3 is 2. The molecule has 1 heterocycles. The molecule has 0 radical (unpaired) electrons. The normalized spacial score (nSPS) is 10.1. The molecule has 0 aliphatic carbocycles. The molecule has 8 nitrogen and oxygen atoms in total. The highest BCUT2D eigenvalue weighted by molar-refractivity contribution is 6.02. The topological polar surface area (TPSA) is 102 Å². The fraction of sp³-hybridized carbons (Fsp3) is 0.143. The van der Waals surface area contributed by atoms with E-state index in [0.717, 1.165) is 0 Å². The first-order chi connectivity index (χ1) is 14.1. The zero-order valence-corrected chi connectivity index (χ0v) is 16.0. The Morgan fingerprint density at radius 3 is 2.48 bits per heavy atom. The van der Waals surface area contributed by atoms with Gasteiger partial charge in [0.1, 0.15) is 11.5 Å². The van der Waals surface area contributed by atoms with Crippen LogP contribution in [0.1, 0.15) is 10.6 Å². The van der Waals surface area contributed by atoms with E-state index in [0.29, 0.717) is 28.6 Å². The summed E-state index contributed by atoms with van der Waals surface area (Å²) in [6.45, 7) is 0.0238. The van der Waals surface area contributed by atoms with Gasteiger partial charge >= 0.3 is 0 Å². The summed E-state index contributed by atoms with van der Waals surface area (Å²) in [4.78, 5) is 24.4. The van der Waals surface area contributed by atoms with Crippen LogP contribution >= 0.6 is 0 Å². The Kier molecular flexibility index (Phi) is 6.36. The van der Waals surface area contributed by atoms with Crippen molar-refractivity contribution in [2.75, 3.05) is 36.7 Å². The van der Waals surface area contributed by atoms with Crippen LogP contribution in [-0.4, -0.2) is 32.6 Å². The molecule has 0 bridgehead atoms. The second-order valence-electron chi connectivity index (χ2n) is 5.98. The van der Waals surface area contributed by atoms with Crippen LogP contribution in [0.25, 0.3) is 0 Å². The third-order valence-corrected chi connectivity index (χ3v) is 4.00. The maximum Gasteiger partial charge on any atom is 0.291 e. The Labute approximate surface area is 167 Å². The average Bonchev–Trinajstić information content (AvgIpc) is 3.27. The number of hydrogen-bond donors (Lipinski definition) is 3. The van der Waals surface area contributed by atoms with Crippen LogP contribution in [-0.2, 0) is 4.79 Å². The lowest BCUT2D eigenvalue weighted by atomic mass is 10.2. The Bertz CT molecular complexity index is 986. The van der Waals surface area contributed by atoms with Crippen molar-refractivity contribution in [3.63, 3.8) is 0 Å². The molecule has 0 aliphatic rings. The van der Waals surface area contributed by atoms with Crippen LogP contribution in [0, 0.1) is 0 Å². The second kappa shape index (κ2) is 9.32. The van der Waals surface area contributed by atoms with Gasteiger partial charge in [0.25, 0.3) is 5.91 Å². The molecule has 3 aromatic rings. The van der Waals surface area contributed by atoms with Crippen molar-refractivity contribution in [2.24, 2.45) is 0 Å². The van der Waals surface area contributed by atoms with E-state index < -0.39 is 0 Å². The molecule has 0 saturated heterocycles. The molecule has 8 heteroatoms. The molecule has 150 valence electrons. The lowest BCUT2D eigenvalue weighted by Gasteiger charge is -2.13. The largest absolute Gasteiger partial charge is 0.497 e. The summed E-state index contributed by atoms with van der Waals surface area (Å²) in [7, 11) is 3.07. The van der Waals surface area contributed by atoms with Gasteiger partial charge in [0.2, 0.25) is 5.91 Å². The minimum absolute atomic E-state index is 0.0238. The fourth-order valence-electron chi connectivity index (χ4n) is 2.60. The molecule has 0 saturated carbocycles. The number of carbonyl (C=O) groups is 2. The van der Waals surface area contributed by atoms with E-state index in [-0.39, 0.29) is 24.1 Å². The number of hydrogen-bond acceptors (Lipinski definition) is 6. The van der Waals surface area contributed by atoms with E-state index in [9.17, 15) is 9.59 Å². The Morgan fingerprint density at radius 2 is 1.76 bits per heavy atom. The van der Waals surface area contributed by atoms with Gasteiger partial charge < -0.3 is 29.8 Å². The minimum Gasteiger partial charge on any atom is -0.497 e. The van der Waals surface area contributed by atoms with E-state index >= 15 is 0 Å². The van der Waals surface area contributed by atoms with E-state index in [4.69, 9.17) is 13.9 Å². The fourth-order valence-corrected chi connectivity index (χ4v) is 2.60. The molecule has 1 aromatic heterocycles. The minimum atomic E-state index is -0.352. The maximum absolute atomic E-state index is 12.3. The van der Waals surface area contributed by atoms with Gasteiger partial charge in [-0.3, -0.25) is 9.59 Å². The Balaban J connectivity index is 1.59. The van der Waals surface area contributed by atoms with Gasteiger partial charge in [-0.25, -0.2) is 0 Å². The van der Waals surface area contributed by atoms with E-state index in [2.05, 4.69) is 16.0 Å². The smallest absolute Gasteiger partial charge is 0.291 e. The number of amides is 2. The summed E-state index contributed by atoms with van der Waals surface area (Å²) in [6.07, 6.45) is 1.43. The predicted octanol–water partition coefficient (Wildman–Crippen LogP) is 3.60. The van der Waals surface area contributed by atoms with Crippen LogP contribution in [0.4, 0.5) is 17.1 Å². The highest BCUT2D eigenvalue weighted by Gasteiger charge is 2.11. The number of benzene rings is 2. The van der Waals surface area contributed by atoms with Crippen molar-refractivity contribution in [1.29, 1.82) is 0 Å². The van der Waals surface area contributed by atoms with E-state index in [1.54, 1.807) is 61.7 Å². The lowest BCUT2D eigenvalue weighted by Crippen LogP contribution is -2.22. The van der Waals surface area contributed by atoms with Crippen LogP contribution in [0.15, 0.2) is 65.3 Å². The zero-order valence-electron chi connectivity index (χ0n) is 16.0. The Hall–Kier alpha value is -3.94. The lowest BCUT2D eigenvalue weighted by molar-refractivity contribution is -0.114. The number of nitrogens with one attached hydrogen (secondary N) is 3. The molecular weight excluding hydrogens is 374 g/mol. The summed E-state index contributed by atoms with van der Waals surface area (Å²) < 4.78 is 15.5. The van der Waals surface area contributed by atoms with Gasteiger partial charge in [0.15, 0.2) is 5.76 Å². The monoisotopic (exact) mass is 395 g/mol. The van der Waals surface area contributed by atoms with Crippen LogP contribution in [0.3, 0.4) is 0 Å². The summed E-state index contributed by atoms with van der Waals surface area (Å²) in [5, 5.41) is 8.54. The van der Waals surface area contributed by atoms with Gasteiger partial charge in [0, 0.05) is 17.4 Å². The van der Waals surface area contributed by atoms with Gasteiger partial charge in [0.05, 0.1) is 32.7 Å². The third kappa shape index (κ3) is 5.29. The van der Waals surface area contributed by atoms with Gasteiger partial charge in [-0.05, 0) is 42.5 Å². The summed E-state index contributed by atoms with van der Waals surface area (Å²) in [5.41, 5.74) is 1.76. The molecular formula is C21H21N3O5. The van der Waals surface area contributed by atoms with Crippen molar-refractivity contribution in [1.82, 2.24) is 0 Å². The highest BCUT2D eigenvalue weighted by atomic mass is 16.5.